The van der Waals surface area contributed by atoms with Crippen molar-refractivity contribution in [3.63, 3.8) is 0 Å². The molecule has 19 heavy (non-hydrogen) atoms. The molecule has 0 aliphatic rings. The van der Waals surface area contributed by atoms with Gasteiger partial charge in [-0.05, 0) is 5.92 Å². The second-order valence-corrected chi connectivity index (χ2v) is 7.52. The first-order valence-electron chi connectivity index (χ1n) is 5.13. The van der Waals surface area contributed by atoms with Crippen molar-refractivity contribution in [2.45, 2.75) is 20.8 Å². The van der Waals surface area contributed by atoms with Gasteiger partial charge in [0, 0.05) is 5.41 Å². The van der Waals surface area contributed by atoms with Gasteiger partial charge in [0.25, 0.3) is 20.2 Å². The topological polar surface area (TPSA) is 149 Å². The summed E-state index contributed by atoms with van der Waals surface area (Å²) in [5.74, 6) is 0.326. The fourth-order valence-corrected chi connectivity index (χ4v) is 0.415. The molecular formula is C9H24O8S2. The lowest BCUT2D eigenvalue weighted by atomic mass is 9.81. The van der Waals surface area contributed by atoms with Gasteiger partial charge in [0.15, 0.2) is 0 Å². The number of aliphatic hydroxyl groups is 2. The van der Waals surface area contributed by atoms with E-state index < -0.39 is 20.2 Å². The van der Waals surface area contributed by atoms with Gasteiger partial charge < -0.3 is 10.2 Å². The van der Waals surface area contributed by atoms with Gasteiger partial charge in [0.1, 0.15) is 0 Å². The zero-order chi connectivity index (χ0) is 16.5. The SMILES string of the molecule is CC(C)C(C)(CO)CO.CS(=O)(=O)O.CS(=O)(=O)O. The fourth-order valence-electron chi connectivity index (χ4n) is 0.415. The molecule has 0 saturated carbocycles. The molecule has 0 saturated heterocycles. The predicted molar refractivity (Wildman–Crippen MR) is 72.1 cm³/mol. The van der Waals surface area contributed by atoms with Crippen LogP contribution in [-0.2, 0) is 20.2 Å². The summed E-state index contributed by atoms with van der Waals surface area (Å²) in [4.78, 5) is 0. The van der Waals surface area contributed by atoms with Crippen LogP contribution in [0.4, 0.5) is 0 Å². The standard InChI is InChI=1S/C7H16O2.2CH4O3S/c1-6(2)7(3,4-8)5-9;2*1-5(2,3)4/h6,8-9H,4-5H2,1-3H3;2*1H3,(H,2,3,4). The van der Waals surface area contributed by atoms with E-state index in [2.05, 4.69) is 0 Å². The van der Waals surface area contributed by atoms with Crippen molar-refractivity contribution in [2.75, 3.05) is 25.7 Å². The lowest BCUT2D eigenvalue weighted by molar-refractivity contribution is 0.0322. The van der Waals surface area contributed by atoms with Gasteiger partial charge in [-0.2, -0.15) is 16.8 Å². The fraction of sp³-hybridized carbons (Fsp3) is 1.00. The van der Waals surface area contributed by atoms with E-state index in [0.717, 1.165) is 0 Å². The molecule has 0 amide bonds. The Bertz CT molecular complexity index is 360. The van der Waals surface area contributed by atoms with Crippen molar-refractivity contribution in [1.29, 1.82) is 0 Å². The van der Waals surface area contributed by atoms with E-state index in [4.69, 9.17) is 19.3 Å². The highest BCUT2D eigenvalue weighted by Crippen LogP contribution is 2.24. The molecule has 0 heterocycles. The zero-order valence-corrected chi connectivity index (χ0v) is 13.4. The van der Waals surface area contributed by atoms with E-state index >= 15 is 0 Å². The van der Waals surface area contributed by atoms with Gasteiger partial charge >= 0.3 is 0 Å². The summed E-state index contributed by atoms with van der Waals surface area (Å²) in [5.41, 5.74) is -0.306. The van der Waals surface area contributed by atoms with Crippen LogP contribution in [0.3, 0.4) is 0 Å². The summed E-state index contributed by atoms with van der Waals surface area (Å²) >= 11 is 0. The van der Waals surface area contributed by atoms with Crippen molar-refractivity contribution in [1.82, 2.24) is 0 Å². The summed E-state index contributed by atoms with van der Waals surface area (Å²) in [5, 5.41) is 17.6. The van der Waals surface area contributed by atoms with Crippen molar-refractivity contribution < 1.29 is 36.2 Å². The third-order valence-corrected chi connectivity index (χ3v) is 2.12. The van der Waals surface area contributed by atoms with Crippen LogP contribution in [-0.4, -0.2) is 61.9 Å². The van der Waals surface area contributed by atoms with Crippen molar-refractivity contribution in [2.24, 2.45) is 11.3 Å². The van der Waals surface area contributed by atoms with Crippen LogP contribution >= 0.6 is 0 Å². The molecule has 4 N–H and O–H groups in total. The van der Waals surface area contributed by atoms with Crippen LogP contribution < -0.4 is 0 Å². The minimum atomic E-state index is -3.67. The number of rotatable bonds is 3. The predicted octanol–water partition coefficient (Wildman–Crippen LogP) is -0.359. The van der Waals surface area contributed by atoms with E-state index in [-0.39, 0.29) is 18.6 Å². The first-order chi connectivity index (χ1) is 8.06. The highest BCUT2D eigenvalue weighted by molar-refractivity contribution is 7.85. The first-order valence-corrected chi connectivity index (χ1v) is 8.83. The molecule has 0 bridgehead atoms. The van der Waals surface area contributed by atoms with Gasteiger partial charge in [-0.1, -0.05) is 20.8 Å². The Hall–Kier alpha value is -0.260. The highest BCUT2D eigenvalue weighted by Gasteiger charge is 2.25. The number of aliphatic hydroxyl groups excluding tert-OH is 2. The summed E-state index contributed by atoms with van der Waals surface area (Å²) in [6.07, 6.45) is 1.43. The Labute approximate surface area is 115 Å². The van der Waals surface area contributed by atoms with Crippen LogP contribution in [0, 0.1) is 11.3 Å². The monoisotopic (exact) mass is 324 g/mol. The lowest BCUT2D eigenvalue weighted by Crippen LogP contribution is -2.31. The molecule has 0 aliphatic carbocycles. The van der Waals surface area contributed by atoms with E-state index in [1.807, 2.05) is 20.8 Å². The smallest absolute Gasteiger partial charge is 0.261 e. The summed E-state index contributed by atoms with van der Waals surface area (Å²) in [7, 11) is -7.33. The third kappa shape index (κ3) is 31.9. The quantitative estimate of drug-likeness (QED) is 0.514. The minimum Gasteiger partial charge on any atom is -0.396 e. The van der Waals surface area contributed by atoms with Crippen LogP contribution in [0.15, 0.2) is 0 Å². The maximum absolute atomic E-state index is 9.19. The zero-order valence-electron chi connectivity index (χ0n) is 11.7. The van der Waals surface area contributed by atoms with Crippen LogP contribution in [0.25, 0.3) is 0 Å². The second-order valence-electron chi connectivity index (χ2n) is 4.59. The third-order valence-electron chi connectivity index (χ3n) is 2.12. The van der Waals surface area contributed by atoms with Crippen molar-refractivity contribution in [3.8, 4) is 0 Å². The van der Waals surface area contributed by atoms with Gasteiger partial charge in [-0.3, -0.25) is 9.11 Å². The Morgan fingerprint density at radius 2 is 1.05 bits per heavy atom. The van der Waals surface area contributed by atoms with Crippen molar-refractivity contribution >= 4 is 20.2 Å². The normalized spacial score (nSPS) is 12.1. The molecule has 0 rings (SSSR count). The molecule has 0 unspecified atom stereocenters. The van der Waals surface area contributed by atoms with Gasteiger partial charge in [0.2, 0.25) is 0 Å². The van der Waals surface area contributed by atoms with Crippen molar-refractivity contribution in [3.05, 3.63) is 0 Å². The molecule has 0 aromatic rings. The molecule has 10 heteroatoms. The number of hydrogen-bond acceptors (Lipinski definition) is 6. The van der Waals surface area contributed by atoms with E-state index in [9.17, 15) is 16.8 Å². The van der Waals surface area contributed by atoms with E-state index in [1.165, 1.54) is 0 Å². The maximum atomic E-state index is 9.19. The average Bonchev–Trinajstić information content (AvgIpc) is 2.11. The molecule has 0 aliphatic heterocycles. The van der Waals surface area contributed by atoms with Crippen LogP contribution in [0.1, 0.15) is 20.8 Å². The maximum Gasteiger partial charge on any atom is 0.261 e. The lowest BCUT2D eigenvalue weighted by Gasteiger charge is -2.28. The molecule has 8 nitrogen and oxygen atoms in total. The molecule has 120 valence electrons. The van der Waals surface area contributed by atoms with Gasteiger partial charge in [0.05, 0.1) is 25.7 Å². The molecular weight excluding hydrogens is 300 g/mol. The largest absolute Gasteiger partial charge is 0.396 e. The summed E-state index contributed by atoms with van der Waals surface area (Å²) < 4.78 is 51.7. The van der Waals surface area contributed by atoms with E-state index in [0.29, 0.717) is 18.4 Å². The molecule has 0 radical (unpaired) electrons. The van der Waals surface area contributed by atoms with Crippen LogP contribution in [0.2, 0.25) is 0 Å². The molecule has 0 fully saturated rings. The van der Waals surface area contributed by atoms with Crippen LogP contribution in [0.5, 0.6) is 0 Å². The summed E-state index contributed by atoms with van der Waals surface area (Å²) in [6, 6.07) is 0. The minimum absolute atomic E-state index is 0.0567. The Kier molecular flexibility index (Phi) is 12.0. The van der Waals surface area contributed by atoms with Gasteiger partial charge in [-0.15, -0.1) is 0 Å². The van der Waals surface area contributed by atoms with E-state index in [1.54, 1.807) is 0 Å². The average molecular weight is 324 g/mol. The highest BCUT2D eigenvalue weighted by atomic mass is 32.2. The summed E-state index contributed by atoms with van der Waals surface area (Å²) in [6.45, 7) is 5.97. The Balaban J connectivity index is -0.000000219. The molecule has 0 atom stereocenters. The molecule has 0 aromatic heterocycles. The molecule has 0 spiro atoms. The first kappa shape index (κ1) is 23.8. The second kappa shape index (κ2) is 9.61. The molecule has 0 aromatic carbocycles. The number of hydrogen-bond donors (Lipinski definition) is 4. The Morgan fingerprint density at radius 1 is 0.895 bits per heavy atom. The Morgan fingerprint density at radius 3 is 1.05 bits per heavy atom. The van der Waals surface area contributed by atoms with Gasteiger partial charge in [-0.25, -0.2) is 0 Å².